The first-order valence-electron chi connectivity index (χ1n) is 9.97. The van der Waals surface area contributed by atoms with E-state index in [0.717, 1.165) is 50.6 Å². The Hall–Kier alpha value is -2.57. The Balaban J connectivity index is 1.27. The Kier molecular flexibility index (Phi) is 6.02. The highest BCUT2D eigenvalue weighted by molar-refractivity contribution is 6.30. The van der Waals surface area contributed by atoms with Crippen LogP contribution in [0.1, 0.15) is 12.8 Å². The highest BCUT2D eigenvalue weighted by Crippen LogP contribution is 2.20. The second kappa shape index (κ2) is 8.84. The lowest BCUT2D eigenvalue weighted by Crippen LogP contribution is -2.46. The molecule has 1 aromatic heterocycles. The molecule has 0 amide bonds. The summed E-state index contributed by atoms with van der Waals surface area (Å²) in [4.78, 5) is 29.4. The van der Waals surface area contributed by atoms with E-state index in [1.165, 1.54) is 10.3 Å². The van der Waals surface area contributed by atoms with Gasteiger partial charge in [-0.2, -0.15) is 0 Å². The second-order valence-corrected chi connectivity index (χ2v) is 7.77. The van der Waals surface area contributed by atoms with Crippen molar-refractivity contribution in [2.24, 2.45) is 0 Å². The molecule has 29 heavy (non-hydrogen) atoms. The van der Waals surface area contributed by atoms with Crippen molar-refractivity contribution in [3.63, 3.8) is 0 Å². The van der Waals surface area contributed by atoms with Crippen LogP contribution in [0.25, 0.3) is 11.0 Å². The summed E-state index contributed by atoms with van der Waals surface area (Å²) in [6, 6.07) is 14.8. The minimum Gasteiger partial charge on any atom is -0.409 e. The van der Waals surface area contributed by atoms with Crippen molar-refractivity contribution in [3.05, 3.63) is 74.5 Å². The molecule has 6 nitrogen and oxygen atoms in total. The van der Waals surface area contributed by atoms with Crippen LogP contribution in [0.2, 0.25) is 5.02 Å². The molecule has 2 heterocycles. The lowest BCUT2D eigenvalue weighted by atomic mass is 10.2. The summed E-state index contributed by atoms with van der Waals surface area (Å²) < 4.78 is 6.47. The van der Waals surface area contributed by atoms with Gasteiger partial charge in [-0.1, -0.05) is 29.8 Å². The van der Waals surface area contributed by atoms with E-state index < -0.39 is 5.76 Å². The van der Waals surface area contributed by atoms with Gasteiger partial charge in [0.15, 0.2) is 0 Å². The quantitative estimate of drug-likeness (QED) is 0.581. The molecule has 1 saturated heterocycles. The SMILES string of the molecule is O=c1oc2ccccc2c(=O)n1CCCCN1CCN(c2cccc(Cl)c2)CC1. The van der Waals surface area contributed by atoms with Gasteiger partial charge in [0.25, 0.3) is 5.56 Å². The molecule has 0 saturated carbocycles. The number of aromatic nitrogens is 1. The Labute approximate surface area is 173 Å². The first kappa shape index (κ1) is 19.7. The number of hydrogen-bond acceptors (Lipinski definition) is 5. The maximum absolute atomic E-state index is 12.5. The zero-order valence-electron chi connectivity index (χ0n) is 16.2. The summed E-state index contributed by atoms with van der Waals surface area (Å²) >= 11 is 6.09. The first-order chi connectivity index (χ1) is 14.1. The monoisotopic (exact) mass is 413 g/mol. The van der Waals surface area contributed by atoms with Gasteiger partial charge in [-0.15, -0.1) is 0 Å². The number of piperazine rings is 1. The minimum absolute atomic E-state index is 0.271. The Morgan fingerprint density at radius 2 is 1.66 bits per heavy atom. The third kappa shape index (κ3) is 4.54. The van der Waals surface area contributed by atoms with E-state index in [1.807, 2.05) is 18.2 Å². The first-order valence-corrected chi connectivity index (χ1v) is 10.4. The van der Waals surface area contributed by atoms with E-state index in [0.29, 0.717) is 17.5 Å². The molecule has 0 spiro atoms. The van der Waals surface area contributed by atoms with E-state index in [-0.39, 0.29) is 5.56 Å². The number of unbranched alkanes of at least 4 members (excludes halogenated alkanes) is 1. The van der Waals surface area contributed by atoms with Crippen molar-refractivity contribution in [3.8, 4) is 0 Å². The van der Waals surface area contributed by atoms with Gasteiger partial charge in [-0.25, -0.2) is 9.36 Å². The van der Waals surface area contributed by atoms with Crippen LogP contribution in [-0.4, -0.2) is 42.2 Å². The molecule has 2 aromatic carbocycles. The van der Waals surface area contributed by atoms with Crippen molar-refractivity contribution in [2.45, 2.75) is 19.4 Å². The van der Waals surface area contributed by atoms with Crippen LogP contribution in [0.3, 0.4) is 0 Å². The van der Waals surface area contributed by atoms with E-state index in [2.05, 4.69) is 15.9 Å². The largest absolute Gasteiger partial charge is 0.422 e. The summed E-state index contributed by atoms with van der Waals surface area (Å²) in [5.74, 6) is -0.580. The van der Waals surface area contributed by atoms with Crippen LogP contribution in [0.15, 0.2) is 62.5 Å². The topological polar surface area (TPSA) is 58.7 Å². The fourth-order valence-electron chi connectivity index (χ4n) is 3.81. The van der Waals surface area contributed by atoms with E-state index in [9.17, 15) is 9.59 Å². The molecule has 0 aliphatic carbocycles. The maximum Gasteiger partial charge on any atom is 0.422 e. The molecule has 1 aliphatic rings. The average molecular weight is 414 g/mol. The average Bonchev–Trinajstić information content (AvgIpc) is 2.73. The van der Waals surface area contributed by atoms with Crippen LogP contribution in [0.5, 0.6) is 0 Å². The van der Waals surface area contributed by atoms with Crippen molar-refractivity contribution in [1.29, 1.82) is 0 Å². The van der Waals surface area contributed by atoms with Gasteiger partial charge in [0.1, 0.15) is 5.58 Å². The third-order valence-electron chi connectivity index (χ3n) is 5.43. The number of fused-ring (bicyclic) bond motifs is 1. The molecule has 152 valence electrons. The van der Waals surface area contributed by atoms with Crippen LogP contribution in [-0.2, 0) is 6.54 Å². The normalized spacial score (nSPS) is 15.1. The fraction of sp³-hybridized carbons (Fsp3) is 0.364. The Bertz CT molecular complexity index is 1100. The van der Waals surface area contributed by atoms with Crippen LogP contribution in [0.4, 0.5) is 5.69 Å². The number of anilines is 1. The molecular weight excluding hydrogens is 390 g/mol. The zero-order valence-corrected chi connectivity index (χ0v) is 17.0. The number of halogens is 1. The molecule has 0 unspecified atom stereocenters. The van der Waals surface area contributed by atoms with Crippen molar-refractivity contribution >= 4 is 28.3 Å². The molecular formula is C22H24ClN3O3. The van der Waals surface area contributed by atoms with Gasteiger partial charge in [-0.05, 0) is 49.7 Å². The molecule has 0 N–H and O–H groups in total. The standard InChI is InChI=1S/C22H24ClN3O3/c23-17-6-5-7-18(16-17)25-14-12-24(13-15-25)10-3-4-11-26-21(27)19-8-1-2-9-20(19)29-22(26)28/h1-2,5-9,16H,3-4,10-15H2. The lowest BCUT2D eigenvalue weighted by molar-refractivity contribution is 0.250. The number of para-hydroxylation sites is 1. The third-order valence-corrected chi connectivity index (χ3v) is 5.67. The molecule has 0 bridgehead atoms. The van der Waals surface area contributed by atoms with Crippen molar-refractivity contribution in [1.82, 2.24) is 9.47 Å². The maximum atomic E-state index is 12.5. The van der Waals surface area contributed by atoms with Gasteiger partial charge in [0.05, 0.1) is 5.39 Å². The van der Waals surface area contributed by atoms with Crippen LogP contribution in [0, 0.1) is 0 Å². The van der Waals surface area contributed by atoms with Crippen molar-refractivity contribution < 1.29 is 4.42 Å². The highest BCUT2D eigenvalue weighted by Gasteiger charge is 2.17. The second-order valence-electron chi connectivity index (χ2n) is 7.34. The number of rotatable bonds is 6. The predicted octanol–water partition coefficient (Wildman–Crippen LogP) is 3.21. The Morgan fingerprint density at radius 3 is 2.45 bits per heavy atom. The lowest BCUT2D eigenvalue weighted by Gasteiger charge is -2.36. The van der Waals surface area contributed by atoms with E-state index in [1.54, 1.807) is 24.3 Å². The summed E-state index contributed by atoms with van der Waals surface area (Å²) in [6.45, 7) is 5.25. The van der Waals surface area contributed by atoms with E-state index in [4.69, 9.17) is 16.0 Å². The highest BCUT2D eigenvalue weighted by atomic mass is 35.5. The molecule has 0 radical (unpaired) electrons. The molecule has 1 aliphatic heterocycles. The molecule has 3 aromatic rings. The minimum atomic E-state index is -0.580. The van der Waals surface area contributed by atoms with Crippen molar-refractivity contribution in [2.75, 3.05) is 37.6 Å². The van der Waals surface area contributed by atoms with Gasteiger partial charge < -0.3 is 9.32 Å². The molecule has 7 heteroatoms. The number of benzene rings is 2. The summed E-state index contributed by atoms with van der Waals surface area (Å²) in [5, 5.41) is 1.21. The number of nitrogens with zero attached hydrogens (tertiary/aromatic N) is 3. The summed E-state index contributed by atoms with van der Waals surface area (Å²) in [6.07, 6.45) is 1.69. The van der Waals surface area contributed by atoms with Gasteiger partial charge in [-0.3, -0.25) is 9.69 Å². The Morgan fingerprint density at radius 1 is 0.897 bits per heavy atom. The van der Waals surface area contributed by atoms with Gasteiger partial charge in [0, 0.05) is 43.4 Å². The van der Waals surface area contributed by atoms with Crippen LogP contribution < -0.4 is 16.2 Å². The molecule has 4 rings (SSSR count). The number of hydrogen-bond donors (Lipinski definition) is 0. The summed E-state index contributed by atoms with van der Waals surface area (Å²) in [7, 11) is 0. The van der Waals surface area contributed by atoms with E-state index >= 15 is 0 Å². The summed E-state index contributed by atoms with van der Waals surface area (Å²) in [5.41, 5.74) is 1.24. The zero-order chi connectivity index (χ0) is 20.2. The van der Waals surface area contributed by atoms with Crippen LogP contribution >= 0.6 is 11.6 Å². The predicted molar refractivity (Wildman–Crippen MR) is 116 cm³/mol. The molecule has 1 fully saturated rings. The van der Waals surface area contributed by atoms with Gasteiger partial charge in [0.2, 0.25) is 0 Å². The molecule has 0 atom stereocenters. The van der Waals surface area contributed by atoms with Gasteiger partial charge >= 0.3 is 5.76 Å². The smallest absolute Gasteiger partial charge is 0.409 e. The fourth-order valence-corrected chi connectivity index (χ4v) is 3.99.